The largest absolute Gasteiger partial charge is 0.460 e. The molecule has 0 spiro atoms. The molecule has 2 fully saturated rings. The van der Waals surface area contributed by atoms with Crippen molar-refractivity contribution >= 4 is 5.71 Å². The summed E-state index contributed by atoms with van der Waals surface area (Å²) in [6.07, 6.45) is 13.2. The third kappa shape index (κ3) is 3.89. The first-order chi connectivity index (χ1) is 16.3. The number of pyridine rings is 1. The molecule has 3 heterocycles. The Hall–Kier alpha value is -2.92. The molecule has 6 rings (SSSR count). The van der Waals surface area contributed by atoms with E-state index in [0.717, 1.165) is 58.4 Å². The summed E-state index contributed by atoms with van der Waals surface area (Å²) in [4.78, 5) is 6.92. The molecule has 1 aromatic carbocycles. The van der Waals surface area contributed by atoms with Crippen LogP contribution >= 0.6 is 0 Å². The summed E-state index contributed by atoms with van der Waals surface area (Å²) in [6, 6.07) is 13.6. The first kappa shape index (κ1) is 20.7. The van der Waals surface area contributed by atoms with Crippen molar-refractivity contribution in [3.8, 4) is 22.5 Å². The molecule has 33 heavy (non-hydrogen) atoms. The number of aromatic nitrogens is 1. The van der Waals surface area contributed by atoms with Crippen LogP contribution in [0.3, 0.4) is 0 Å². The van der Waals surface area contributed by atoms with E-state index in [-0.39, 0.29) is 0 Å². The zero-order valence-corrected chi connectivity index (χ0v) is 19.0. The molecule has 170 valence electrons. The molecule has 3 aromatic rings. The van der Waals surface area contributed by atoms with Gasteiger partial charge in [-0.1, -0.05) is 36.2 Å². The minimum atomic E-state index is 0.472. The Labute approximate surface area is 195 Å². The highest BCUT2D eigenvalue weighted by atomic mass is 16.4. The van der Waals surface area contributed by atoms with E-state index >= 15 is 0 Å². The van der Waals surface area contributed by atoms with E-state index in [4.69, 9.17) is 4.42 Å². The summed E-state index contributed by atoms with van der Waals surface area (Å²) < 4.78 is 6.61. The number of hydrogen-bond acceptors (Lipinski definition) is 5. The molecule has 0 amide bonds. The zero-order chi connectivity index (χ0) is 22.2. The number of nitrogens with zero attached hydrogens (tertiary/aromatic N) is 3. The molecule has 0 bridgehead atoms. The summed E-state index contributed by atoms with van der Waals surface area (Å²) in [5.41, 5.74) is 6.47. The van der Waals surface area contributed by atoms with Gasteiger partial charge in [-0.25, -0.2) is 0 Å². The molecule has 1 saturated carbocycles. The van der Waals surface area contributed by atoms with Gasteiger partial charge in [0.25, 0.3) is 0 Å². The van der Waals surface area contributed by atoms with Crippen LogP contribution in [-0.4, -0.2) is 39.9 Å². The standard InChI is InChI=1S/C28H31N3O2/c32-30-26-8-6-21-17-22(5-7-24(21)26)25-18-27(33-28(25)20-9-13-29-14-10-20)19-11-15-31(16-12-19)23-3-1-2-4-23/h5,7,9-10,13-14,17-19,23,32H,1-4,6,8,11-12,15-16H2/b30-26-. The SMILES string of the molecule is O/N=C1/CCc2cc(-c3cc(C4CCN(C5CCCC5)CC4)oc3-c3ccncc3)ccc21. The van der Waals surface area contributed by atoms with Gasteiger partial charge in [0.1, 0.15) is 11.5 Å². The van der Waals surface area contributed by atoms with E-state index in [1.807, 2.05) is 24.5 Å². The Kier molecular flexibility index (Phi) is 5.50. The monoisotopic (exact) mass is 441 g/mol. The molecular weight excluding hydrogens is 410 g/mol. The highest BCUT2D eigenvalue weighted by molar-refractivity contribution is 6.04. The lowest BCUT2D eigenvalue weighted by molar-refractivity contribution is 0.148. The van der Waals surface area contributed by atoms with E-state index in [0.29, 0.717) is 5.92 Å². The number of likely N-dealkylation sites (tertiary alicyclic amines) is 1. The average molecular weight is 442 g/mol. The van der Waals surface area contributed by atoms with Gasteiger partial charge < -0.3 is 14.5 Å². The summed E-state index contributed by atoms with van der Waals surface area (Å²) in [7, 11) is 0. The Morgan fingerprint density at radius 1 is 0.879 bits per heavy atom. The minimum absolute atomic E-state index is 0.472. The maximum Gasteiger partial charge on any atom is 0.142 e. The first-order valence-electron chi connectivity index (χ1n) is 12.4. The van der Waals surface area contributed by atoms with E-state index in [9.17, 15) is 5.21 Å². The van der Waals surface area contributed by atoms with Gasteiger partial charge >= 0.3 is 0 Å². The summed E-state index contributed by atoms with van der Waals surface area (Å²) in [6.45, 7) is 2.36. The minimum Gasteiger partial charge on any atom is -0.460 e. The number of benzene rings is 1. The highest BCUT2D eigenvalue weighted by Gasteiger charge is 2.30. The molecule has 0 atom stereocenters. The van der Waals surface area contributed by atoms with Crippen LogP contribution in [0.2, 0.25) is 0 Å². The molecular formula is C28H31N3O2. The number of hydrogen-bond donors (Lipinski definition) is 1. The van der Waals surface area contributed by atoms with Crippen LogP contribution in [0, 0.1) is 0 Å². The van der Waals surface area contributed by atoms with Crippen LogP contribution in [0.1, 0.15) is 67.8 Å². The summed E-state index contributed by atoms with van der Waals surface area (Å²) in [5, 5.41) is 12.8. The van der Waals surface area contributed by atoms with Crippen LogP contribution in [0.25, 0.3) is 22.5 Å². The Bertz CT molecular complexity index is 1150. The number of furan rings is 1. The van der Waals surface area contributed by atoms with Crippen molar-refractivity contribution in [1.82, 2.24) is 9.88 Å². The van der Waals surface area contributed by atoms with Crippen molar-refractivity contribution in [2.24, 2.45) is 5.16 Å². The average Bonchev–Trinajstić information content (AvgIpc) is 3.64. The number of rotatable bonds is 4. The number of fused-ring (bicyclic) bond motifs is 1. The van der Waals surface area contributed by atoms with Crippen molar-refractivity contribution in [1.29, 1.82) is 0 Å². The van der Waals surface area contributed by atoms with E-state index in [2.05, 4.69) is 39.3 Å². The van der Waals surface area contributed by atoms with Gasteiger partial charge in [0.05, 0.1) is 5.71 Å². The Morgan fingerprint density at radius 2 is 1.67 bits per heavy atom. The fourth-order valence-corrected chi connectivity index (χ4v) is 6.10. The molecule has 1 saturated heterocycles. The topological polar surface area (TPSA) is 61.9 Å². The van der Waals surface area contributed by atoms with Crippen LogP contribution in [-0.2, 0) is 6.42 Å². The number of oxime groups is 1. The molecule has 5 nitrogen and oxygen atoms in total. The normalized spacial score (nSPS) is 21.2. The maximum atomic E-state index is 9.29. The number of aryl methyl sites for hydroxylation is 1. The van der Waals surface area contributed by atoms with Crippen molar-refractivity contribution < 1.29 is 9.62 Å². The van der Waals surface area contributed by atoms with Gasteiger partial charge in [-0.05, 0) is 80.9 Å². The van der Waals surface area contributed by atoms with Crippen LogP contribution in [0.15, 0.2) is 58.4 Å². The van der Waals surface area contributed by atoms with Crippen LogP contribution in [0.5, 0.6) is 0 Å². The Balaban J connectivity index is 1.32. The molecule has 0 radical (unpaired) electrons. The predicted octanol–water partition coefficient (Wildman–Crippen LogP) is 6.26. The van der Waals surface area contributed by atoms with Gasteiger partial charge in [-0.2, -0.15) is 0 Å². The van der Waals surface area contributed by atoms with Crippen molar-refractivity contribution in [2.75, 3.05) is 13.1 Å². The van der Waals surface area contributed by atoms with Gasteiger partial charge in [-0.3, -0.25) is 4.98 Å². The fraction of sp³-hybridized carbons (Fsp3) is 0.429. The van der Waals surface area contributed by atoms with Gasteiger partial charge in [0, 0.05) is 41.0 Å². The fourth-order valence-electron chi connectivity index (χ4n) is 6.10. The Morgan fingerprint density at radius 3 is 2.42 bits per heavy atom. The molecule has 1 aliphatic heterocycles. The molecule has 5 heteroatoms. The molecule has 0 unspecified atom stereocenters. The lowest BCUT2D eigenvalue weighted by Gasteiger charge is -2.35. The lowest BCUT2D eigenvalue weighted by atomic mass is 9.92. The first-order valence-corrected chi connectivity index (χ1v) is 12.4. The van der Waals surface area contributed by atoms with Crippen molar-refractivity contribution in [3.05, 3.63) is 65.7 Å². The highest BCUT2D eigenvalue weighted by Crippen LogP contribution is 2.41. The third-order valence-corrected chi connectivity index (χ3v) is 7.95. The van der Waals surface area contributed by atoms with Gasteiger partial charge in [-0.15, -0.1) is 0 Å². The second kappa shape index (κ2) is 8.79. The second-order valence-corrected chi connectivity index (χ2v) is 9.79. The summed E-state index contributed by atoms with van der Waals surface area (Å²) >= 11 is 0. The lowest BCUT2D eigenvalue weighted by Crippen LogP contribution is -2.39. The molecule has 1 N–H and O–H groups in total. The maximum absolute atomic E-state index is 9.29. The molecule has 3 aliphatic rings. The van der Waals surface area contributed by atoms with Crippen molar-refractivity contribution in [3.63, 3.8) is 0 Å². The smallest absolute Gasteiger partial charge is 0.142 e. The molecule has 2 aliphatic carbocycles. The van der Waals surface area contributed by atoms with Crippen LogP contribution in [0.4, 0.5) is 0 Å². The van der Waals surface area contributed by atoms with Gasteiger partial charge in [0.15, 0.2) is 0 Å². The quantitative estimate of drug-likeness (QED) is 0.384. The van der Waals surface area contributed by atoms with E-state index < -0.39 is 0 Å². The van der Waals surface area contributed by atoms with Crippen LogP contribution < -0.4 is 0 Å². The summed E-state index contributed by atoms with van der Waals surface area (Å²) in [5.74, 6) is 2.51. The van der Waals surface area contributed by atoms with Crippen molar-refractivity contribution in [2.45, 2.75) is 63.3 Å². The predicted molar refractivity (Wildman–Crippen MR) is 130 cm³/mol. The van der Waals surface area contributed by atoms with E-state index in [1.54, 1.807) is 0 Å². The van der Waals surface area contributed by atoms with E-state index in [1.165, 1.54) is 57.2 Å². The third-order valence-electron chi connectivity index (χ3n) is 7.95. The zero-order valence-electron chi connectivity index (χ0n) is 19.0. The second-order valence-electron chi connectivity index (χ2n) is 9.79. The molecule has 2 aromatic heterocycles. The van der Waals surface area contributed by atoms with Gasteiger partial charge in [0.2, 0.25) is 0 Å². The number of piperidine rings is 1.